The normalized spacial score (nSPS) is 12.9. The number of halogens is 2. The Morgan fingerprint density at radius 3 is 2.59 bits per heavy atom. The third-order valence-electron chi connectivity index (χ3n) is 3.68. The molecule has 0 radical (unpaired) electrons. The molecule has 0 fully saturated rings. The monoisotopic (exact) mass is 346 g/mol. The number of imidazole rings is 1. The fraction of sp³-hybridized carbons (Fsp3) is 0.467. The summed E-state index contributed by atoms with van der Waals surface area (Å²) in [6, 6.07) is 7.88. The Labute approximate surface area is 143 Å². The van der Waals surface area contributed by atoms with Gasteiger partial charge in [-0.3, -0.25) is 4.79 Å². The predicted molar refractivity (Wildman–Crippen MR) is 94.8 cm³/mol. The Balaban J connectivity index is 0.00000220. The minimum absolute atomic E-state index is 0. The first-order valence-corrected chi connectivity index (χ1v) is 6.96. The van der Waals surface area contributed by atoms with Crippen LogP contribution in [0.2, 0.25) is 0 Å². The summed E-state index contributed by atoms with van der Waals surface area (Å²) in [6.45, 7) is 6.96. The summed E-state index contributed by atoms with van der Waals surface area (Å²) in [6.07, 6.45) is 0. The van der Waals surface area contributed by atoms with Crippen LogP contribution < -0.4 is 11.1 Å². The molecule has 0 spiro atoms. The number of nitrogens with zero attached hydrogens (tertiary/aromatic N) is 2. The fourth-order valence-corrected chi connectivity index (χ4v) is 2.17. The molecule has 1 aromatic heterocycles. The quantitative estimate of drug-likeness (QED) is 0.872. The second-order valence-electron chi connectivity index (χ2n) is 5.24. The van der Waals surface area contributed by atoms with E-state index in [1.54, 1.807) is 0 Å². The van der Waals surface area contributed by atoms with Gasteiger partial charge in [-0.05, 0) is 26.0 Å². The first kappa shape index (κ1) is 20.7. The SMILES string of the molecule is Cc1nc2ccccc2n1CCNC(=O)C(C)C(C)N.Cl.Cl. The molecule has 7 heteroatoms. The van der Waals surface area contributed by atoms with E-state index in [1.165, 1.54) is 0 Å². The van der Waals surface area contributed by atoms with Gasteiger partial charge in [0.05, 0.1) is 11.0 Å². The van der Waals surface area contributed by atoms with Crippen molar-refractivity contribution in [1.82, 2.24) is 14.9 Å². The number of rotatable bonds is 5. The predicted octanol–water partition coefficient (Wildman–Crippen LogP) is 2.29. The Morgan fingerprint density at radius 2 is 1.95 bits per heavy atom. The second-order valence-corrected chi connectivity index (χ2v) is 5.24. The van der Waals surface area contributed by atoms with Crippen LogP contribution in [0.15, 0.2) is 24.3 Å². The van der Waals surface area contributed by atoms with Gasteiger partial charge < -0.3 is 15.6 Å². The van der Waals surface area contributed by atoms with Crippen molar-refractivity contribution in [3.8, 4) is 0 Å². The van der Waals surface area contributed by atoms with Crippen LogP contribution in [0.3, 0.4) is 0 Å². The zero-order chi connectivity index (χ0) is 14.7. The van der Waals surface area contributed by atoms with E-state index in [4.69, 9.17) is 5.73 Å². The molecule has 2 rings (SSSR count). The van der Waals surface area contributed by atoms with Crippen molar-refractivity contribution in [1.29, 1.82) is 0 Å². The summed E-state index contributed by atoms with van der Waals surface area (Å²) in [4.78, 5) is 16.3. The topological polar surface area (TPSA) is 72.9 Å². The van der Waals surface area contributed by atoms with Crippen LogP contribution in [0, 0.1) is 12.8 Å². The standard InChI is InChI=1S/C15H22N4O.2ClH/c1-10(11(2)16)15(20)17-8-9-19-12(3)18-13-6-4-5-7-14(13)19;;/h4-7,10-11H,8-9,16H2,1-3H3,(H,17,20);2*1H. The van der Waals surface area contributed by atoms with Crippen LogP contribution >= 0.6 is 24.8 Å². The lowest BCUT2D eigenvalue weighted by atomic mass is 10.0. The van der Waals surface area contributed by atoms with E-state index >= 15 is 0 Å². The number of fused-ring (bicyclic) bond motifs is 1. The number of hydrogen-bond acceptors (Lipinski definition) is 3. The number of carbonyl (C=O) groups excluding carboxylic acids is 1. The Bertz CT molecular complexity index is 613. The zero-order valence-corrected chi connectivity index (χ0v) is 14.7. The molecular formula is C15H24Cl2N4O. The van der Waals surface area contributed by atoms with Gasteiger partial charge >= 0.3 is 0 Å². The summed E-state index contributed by atoms with van der Waals surface area (Å²) in [5, 5.41) is 2.93. The maximum atomic E-state index is 11.8. The number of benzene rings is 1. The van der Waals surface area contributed by atoms with Crippen molar-refractivity contribution >= 4 is 41.8 Å². The Hall–Kier alpha value is -1.30. The highest BCUT2D eigenvalue weighted by molar-refractivity contribution is 5.85. The van der Waals surface area contributed by atoms with Crippen molar-refractivity contribution < 1.29 is 4.79 Å². The smallest absolute Gasteiger partial charge is 0.224 e. The minimum Gasteiger partial charge on any atom is -0.354 e. The molecule has 2 atom stereocenters. The Morgan fingerprint density at radius 1 is 1.32 bits per heavy atom. The molecule has 0 bridgehead atoms. The second kappa shape index (κ2) is 8.98. The summed E-state index contributed by atoms with van der Waals surface area (Å²) >= 11 is 0. The van der Waals surface area contributed by atoms with E-state index in [0.717, 1.165) is 16.9 Å². The lowest BCUT2D eigenvalue weighted by Gasteiger charge is -2.15. The van der Waals surface area contributed by atoms with Crippen LogP contribution in [0.1, 0.15) is 19.7 Å². The maximum absolute atomic E-state index is 11.8. The van der Waals surface area contributed by atoms with Crippen molar-refractivity contribution in [3.63, 3.8) is 0 Å². The van der Waals surface area contributed by atoms with Crippen molar-refractivity contribution in [2.45, 2.75) is 33.4 Å². The zero-order valence-electron chi connectivity index (χ0n) is 13.1. The molecule has 3 N–H and O–H groups in total. The minimum atomic E-state index is -0.171. The van der Waals surface area contributed by atoms with Crippen molar-refractivity contribution in [2.24, 2.45) is 11.7 Å². The molecule has 0 saturated carbocycles. The molecule has 124 valence electrons. The molecule has 1 aromatic carbocycles. The average Bonchev–Trinajstić information content (AvgIpc) is 2.74. The summed E-state index contributed by atoms with van der Waals surface area (Å²) in [5.74, 6) is 0.790. The maximum Gasteiger partial charge on any atom is 0.224 e. The van der Waals surface area contributed by atoms with Gasteiger partial charge in [-0.1, -0.05) is 19.1 Å². The van der Waals surface area contributed by atoms with E-state index in [2.05, 4.69) is 14.9 Å². The molecule has 22 heavy (non-hydrogen) atoms. The molecular weight excluding hydrogens is 323 g/mol. The van der Waals surface area contributed by atoms with E-state index in [-0.39, 0.29) is 42.7 Å². The summed E-state index contributed by atoms with van der Waals surface area (Å²) in [5.41, 5.74) is 7.81. The van der Waals surface area contributed by atoms with E-state index in [9.17, 15) is 4.79 Å². The van der Waals surface area contributed by atoms with Gasteiger partial charge in [0, 0.05) is 25.0 Å². The molecule has 2 unspecified atom stereocenters. The fourth-order valence-electron chi connectivity index (χ4n) is 2.17. The Kier molecular flexibility index (Phi) is 8.45. The average molecular weight is 347 g/mol. The van der Waals surface area contributed by atoms with Crippen LogP contribution in [0.25, 0.3) is 11.0 Å². The lowest BCUT2D eigenvalue weighted by molar-refractivity contribution is -0.124. The van der Waals surface area contributed by atoms with E-state index < -0.39 is 0 Å². The number of amides is 1. The van der Waals surface area contributed by atoms with Gasteiger partial charge in [0.15, 0.2) is 0 Å². The molecule has 0 saturated heterocycles. The third kappa shape index (κ3) is 4.60. The first-order valence-electron chi connectivity index (χ1n) is 6.96. The van der Waals surface area contributed by atoms with Crippen molar-refractivity contribution in [3.05, 3.63) is 30.1 Å². The highest BCUT2D eigenvalue weighted by Gasteiger charge is 2.16. The number of aryl methyl sites for hydroxylation is 1. The number of aromatic nitrogens is 2. The van der Waals surface area contributed by atoms with Crippen LogP contribution in [-0.2, 0) is 11.3 Å². The largest absolute Gasteiger partial charge is 0.354 e. The molecule has 0 aliphatic heterocycles. The highest BCUT2D eigenvalue weighted by Crippen LogP contribution is 2.14. The number of hydrogen-bond donors (Lipinski definition) is 2. The lowest BCUT2D eigenvalue weighted by Crippen LogP contribution is -2.39. The molecule has 0 aliphatic carbocycles. The van der Waals surface area contributed by atoms with Gasteiger partial charge in [0.2, 0.25) is 5.91 Å². The number of carbonyl (C=O) groups is 1. The van der Waals surface area contributed by atoms with Gasteiger partial charge in [-0.2, -0.15) is 0 Å². The van der Waals surface area contributed by atoms with E-state index in [0.29, 0.717) is 13.1 Å². The molecule has 2 aromatic rings. The number of para-hydroxylation sites is 2. The molecule has 1 heterocycles. The van der Waals surface area contributed by atoms with Crippen molar-refractivity contribution in [2.75, 3.05) is 6.54 Å². The number of nitrogens with one attached hydrogen (secondary N) is 1. The third-order valence-corrected chi connectivity index (χ3v) is 3.68. The summed E-state index contributed by atoms with van der Waals surface area (Å²) in [7, 11) is 0. The first-order chi connectivity index (χ1) is 9.50. The van der Waals surface area contributed by atoms with Gasteiger partial charge in [-0.25, -0.2) is 4.98 Å². The van der Waals surface area contributed by atoms with Crippen LogP contribution in [0.5, 0.6) is 0 Å². The van der Waals surface area contributed by atoms with Gasteiger partial charge in [-0.15, -0.1) is 24.8 Å². The molecule has 0 aliphatic rings. The van der Waals surface area contributed by atoms with Crippen LogP contribution in [-0.4, -0.2) is 28.0 Å². The van der Waals surface area contributed by atoms with E-state index in [1.807, 2.05) is 45.0 Å². The van der Waals surface area contributed by atoms with Gasteiger partial charge in [0.1, 0.15) is 5.82 Å². The molecule has 1 amide bonds. The highest BCUT2D eigenvalue weighted by atomic mass is 35.5. The van der Waals surface area contributed by atoms with Crippen LogP contribution in [0.4, 0.5) is 0 Å². The van der Waals surface area contributed by atoms with Gasteiger partial charge in [0.25, 0.3) is 0 Å². The number of nitrogens with two attached hydrogens (primary N) is 1. The summed E-state index contributed by atoms with van der Waals surface area (Å²) < 4.78 is 2.12. The molecule has 5 nitrogen and oxygen atoms in total.